The van der Waals surface area contributed by atoms with E-state index in [1.54, 1.807) is 11.3 Å². The number of carbonyl (C=O) groups excluding carboxylic acids is 1. The summed E-state index contributed by atoms with van der Waals surface area (Å²) in [5.74, 6) is 4.91. The van der Waals surface area contributed by atoms with Gasteiger partial charge in [-0.3, -0.25) is 10.2 Å². The zero-order valence-corrected chi connectivity index (χ0v) is 9.01. The summed E-state index contributed by atoms with van der Waals surface area (Å²) in [4.78, 5) is 11.0. The zero-order valence-electron chi connectivity index (χ0n) is 8.19. The molecule has 3 N–H and O–H groups in total. The van der Waals surface area contributed by atoms with E-state index in [2.05, 4.69) is 22.9 Å². The number of hydrazine groups is 1. The standard InChI is InChI=1S/C11H12N2OS/c12-13-11(14)6-5-8-7-15-10-4-2-1-3-9(8)10/h1-4,7H,5-6,12H2,(H,13,14). The normalized spacial score (nSPS) is 10.5. The van der Waals surface area contributed by atoms with E-state index in [0.717, 1.165) is 6.42 Å². The molecule has 0 atom stereocenters. The molecule has 3 nitrogen and oxygen atoms in total. The summed E-state index contributed by atoms with van der Waals surface area (Å²) in [6.07, 6.45) is 1.18. The Kier molecular flexibility index (Phi) is 2.99. The topological polar surface area (TPSA) is 55.1 Å². The SMILES string of the molecule is NNC(=O)CCc1csc2ccccc12. The lowest BCUT2D eigenvalue weighted by Gasteiger charge is -1.98. The van der Waals surface area contributed by atoms with E-state index < -0.39 is 0 Å². The summed E-state index contributed by atoms with van der Waals surface area (Å²) in [6.45, 7) is 0. The first-order chi connectivity index (χ1) is 7.31. The minimum atomic E-state index is -0.120. The molecule has 0 aliphatic heterocycles. The predicted octanol–water partition coefficient (Wildman–Crippen LogP) is 1.82. The zero-order chi connectivity index (χ0) is 10.7. The van der Waals surface area contributed by atoms with Crippen LogP contribution in [-0.4, -0.2) is 5.91 Å². The summed E-state index contributed by atoms with van der Waals surface area (Å²) < 4.78 is 1.26. The minimum Gasteiger partial charge on any atom is -0.294 e. The number of carbonyl (C=O) groups is 1. The number of aryl methyl sites for hydroxylation is 1. The molecular formula is C11H12N2OS. The molecule has 4 heteroatoms. The molecule has 0 aliphatic rings. The predicted molar refractivity (Wildman–Crippen MR) is 62.5 cm³/mol. The number of thiophene rings is 1. The van der Waals surface area contributed by atoms with Gasteiger partial charge in [0.1, 0.15) is 0 Å². The van der Waals surface area contributed by atoms with Crippen molar-refractivity contribution in [2.24, 2.45) is 5.84 Å². The molecule has 0 radical (unpaired) electrons. The van der Waals surface area contributed by atoms with Crippen LogP contribution in [0.15, 0.2) is 29.6 Å². The minimum absolute atomic E-state index is 0.120. The molecule has 2 rings (SSSR count). The number of benzene rings is 1. The first-order valence-corrected chi connectivity index (χ1v) is 5.64. The molecule has 78 valence electrons. The number of nitrogens with two attached hydrogens (primary N) is 1. The number of fused-ring (bicyclic) bond motifs is 1. The van der Waals surface area contributed by atoms with Crippen molar-refractivity contribution in [3.05, 3.63) is 35.2 Å². The van der Waals surface area contributed by atoms with Crippen molar-refractivity contribution in [2.45, 2.75) is 12.8 Å². The highest BCUT2D eigenvalue weighted by Gasteiger charge is 2.05. The van der Waals surface area contributed by atoms with Gasteiger partial charge in [-0.05, 0) is 28.8 Å². The van der Waals surface area contributed by atoms with Gasteiger partial charge in [0.2, 0.25) is 5.91 Å². The molecule has 0 saturated heterocycles. The number of nitrogens with one attached hydrogen (secondary N) is 1. The molecule has 2 aromatic rings. The van der Waals surface area contributed by atoms with Crippen LogP contribution in [0.5, 0.6) is 0 Å². The smallest absolute Gasteiger partial charge is 0.234 e. The third-order valence-corrected chi connectivity index (χ3v) is 3.36. The highest BCUT2D eigenvalue weighted by atomic mass is 32.1. The Morgan fingerprint density at radius 1 is 1.40 bits per heavy atom. The second-order valence-corrected chi connectivity index (χ2v) is 4.24. The highest BCUT2D eigenvalue weighted by Crippen LogP contribution is 2.26. The molecule has 0 aliphatic carbocycles. The Morgan fingerprint density at radius 2 is 2.20 bits per heavy atom. The van der Waals surface area contributed by atoms with E-state index in [4.69, 9.17) is 5.84 Å². The monoisotopic (exact) mass is 220 g/mol. The van der Waals surface area contributed by atoms with Crippen LogP contribution >= 0.6 is 11.3 Å². The maximum Gasteiger partial charge on any atom is 0.234 e. The first kappa shape index (κ1) is 10.1. The van der Waals surface area contributed by atoms with Gasteiger partial charge >= 0.3 is 0 Å². The third kappa shape index (κ3) is 2.16. The second-order valence-electron chi connectivity index (χ2n) is 3.32. The van der Waals surface area contributed by atoms with Gasteiger partial charge in [-0.15, -0.1) is 11.3 Å². The van der Waals surface area contributed by atoms with Crippen LogP contribution in [-0.2, 0) is 11.2 Å². The van der Waals surface area contributed by atoms with Gasteiger partial charge in [0.05, 0.1) is 0 Å². The fourth-order valence-electron chi connectivity index (χ4n) is 1.55. The van der Waals surface area contributed by atoms with Crippen LogP contribution in [0.3, 0.4) is 0 Å². The fraction of sp³-hybridized carbons (Fsp3) is 0.182. The summed E-state index contributed by atoms with van der Waals surface area (Å²) >= 11 is 1.71. The molecule has 0 spiro atoms. The Bertz CT molecular complexity index is 478. The average Bonchev–Trinajstić information content (AvgIpc) is 2.69. The summed E-state index contributed by atoms with van der Waals surface area (Å²) in [5, 5.41) is 3.35. The van der Waals surface area contributed by atoms with E-state index >= 15 is 0 Å². The molecule has 1 heterocycles. The van der Waals surface area contributed by atoms with Gasteiger partial charge in [-0.2, -0.15) is 0 Å². The van der Waals surface area contributed by atoms with Gasteiger partial charge < -0.3 is 0 Å². The van der Waals surface area contributed by atoms with E-state index in [0.29, 0.717) is 6.42 Å². The van der Waals surface area contributed by atoms with Crippen molar-refractivity contribution in [2.75, 3.05) is 0 Å². The van der Waals surface area contributed by atoms with Crippen molar-refractivity contribution >= 4 is 27.3 Å². The Balaban J connectivity index is 2.18. The van der Waals surface area contributed by atoms with Crippen molar-refractivity contribution in [1.29, 1.82) is 0 Å². The van der Waals surface area contributed by atoms with Crippen LogP contribution in [0.1, 0.15) is 12.0 Å². The highest BCUT2D eigenvalue weighted by molar-refractivity contribution is 7.17. The quantitative estimate of drug-likeness (QED) is 0.471. The summed E-state index contributed by atoms with van der Waals surface area (Å²) in [5.41, 5.74) is 3.36. The average molecular weight is 220 g/mol. The van der Waals surface area contributed by atoms with Crippen molar-refractivity contribution in [3.8, 4) is 0 Å². The van der Waals surface area contributed by atoms with E-state index in [1.165, 1.54) is 15.6 Å². The van der Waals surface area contributed by atoms with Crippen molar-refractivity contribution in [3.63, 3.8) is 0 Å². The van der Waals surface area contributed by atoms with Crippen LogP contribution in [0.25, 0.3) is 10.1 Å². The summed E-state index contributed by atoms with van der Waals surface area (Å²) in [7, 11) is 0. The van der Waals surface area contributed by atoms with Crippen molar-refractivity contribution < 1.29 is 4.79 Å². The van der Waals surface area contributed by atoms with Gasteiger partial charge in [0.15, 0.2) is 0 Å². The molecular weight excluding hydrogens is 208 g/mol. The number of rotatable bonds is 3. The molecule has 0 bridgehead atoms. The molecule has 1 aromatic heterocycles. The van der Waals surface area contributed by atoms with E-state index in [-0.39, 0.29) is 5.91 Å². The van der Waals surface area contributed by atoms with Gasteiger partial charge in [-0.1, -0.05) is 18.2 Å². The van der Waals surface area contributed by atoms with Crippen LogP contribution in [0, 0.1) is 0 Å². The van der Waals surface area contributed by atoms with Crippen molar-refractivity contribution in [1.82, 2.24) is 5.43 Å². The van der Waals surface area contributed by atoms with Gasteiger partial charge in [0.25, 0.3) is 0 Å². The Labute approximate surface area is 91.9 Å². The number of hydrogen-bond acceptors (Lipinski definition) is 3. The van der Waals surface area contributed by atoms with E-state index in [1.807, 2.05) is 12.1 Å². The molecule has 1 amide bonds. The Hall–Kier alpha value is -1.39. The third-order valence-electron chi connectivity index (χ3n) is 2.34. The van der Waals surface area contributed by atoms with Crippen LogP contribution < -0.4 is 11.3 Å². The van der Waals surface area contributed by atoms with Gasteiger partial charge in [-0.25, -0.2) is 5.84 Å². The first-order valence-electron chi connectivity index (χ1n) is 4.76. The molecule has 0 saturated carbocycles. The fourth-order valence-corrected chi connectivity index (χ4v) is 2.54. The molecule has 0 unspecified atom stereocenters. The van der Waals surface area contributed by atoms with Crippen LogP contribution in [0.2, 0.25) is 0 Å². The molecule has 15 heavy (non-hydrogen) atoms. The van der Waals surface area contributed by atoms with Crippen LogP contribution in [0.4, 0.5) is 0 Å². The van der Waals surface area contributed by atoms with E-state index in [9.17, 15) is 4.79 Å². The Morgan fingerprint density at radius 3 is 3.00 bits per heavy atom. The maximum absolute atomic E-state index is 11.0. The lowest BCUT2D eigenvalue weighted by molar-refractivity contribution is -0.121. The second kappa shape index (κ2) is 4.42. The maximum atomic E-state index is 11.0. The lowest BCUT2D eigenvalue weighted by Crippen LogP contribution is -2.30. The lowest BCUT2D eigenvalue weighted by atomic mass is 10.1. The molecule has 1 aromatic carbocycles. The van der Waals surface area contributed by atoms with Gasteiger partial charge in [0, 0.05) is 11.1 Å². The molecule has 0 fully saturated rings. The number of amides is 1. The summed E-state index contributed by atoms with van der Waals surface area (Å²) in [6, 6.07) is 8.21. The number of hydrogen-bond donors (Lipinski definition) is 2. The largest absolute Gasteiger partial charge is 0.294 e.